The van der Waals surface area contributed by atoms with Crippen LogP contribution in [0, 0.1) is 5.82 Å². The Morgan fingerprint density at radius 1 is 1.21 bits per heavy atom. The van der Waals surface area contributed by atoms with E-state index in [1.54, 1.807) is 18.5 Å². The molecule has 4 rings (SSSR count). The Hall–Kier alpha value is -1.84. The van der Waals surface area contributed by atoms with E-state index >= 15 is 0 Å². The van der Waals surface area contributed by atoms with E-state index in [1.165, 1.54) is 0 Å². The Morgan fingerprint density at radius 3 is 2.68 bits per heavy atom. The number of hydrogen-bond acceptors (Lipinski definition) is 7. The Balaban J connectivity index is 1.49. The molecular formula is C25H36ClFN6O. The number of nitrogens with one attached hydrogen (secondary N) is 1. The van der Waals surface area contributed by atoms with Crippen LogP contribution in [0.2, 0.25) is 5.02 Å². The largest absolute Gasteiger partial charge is 0.387 e. The van der Waals surface area contributed by atoms with Crippen LogP contribution in [-0.4, -0.2) is 70.9 Å². The lowest BCUT2D eigenvalue weighted by atomic mass is 10.0. The van der Waals surface area contributed by atoms with Gasteiger partial charge in [-0.2, -0.15) is 0 Å². The van der Waals surface area contributed by atoms with Gasteiger partial charge in [0.2, 0.25) is 0 Å². The number of aliphatic hydroxyl groups excluding tert-OH is 1. The van der Waals surface area contributed by atoms with E-state index in [4.69, 9.17) is 11.6 Å². The predicted octanol–water partition coefficient (Wildman–Crippen LogP) is 3.74. The lowest BCUT2D eigenvalue weighted by Gasteiger charge is -2.41. The van der Waals surface area contributed by atoms with Gasteiger partial charge in [-0.05, 0) is 62.9 Å². The van der Waals surface area contributed by atoms with Crippen molar-refractivity contribution in [2.45, 2.75) is 57.7 Å². The fourth-order valence-electron chi connectivity index (χ4n) is 5.22. The number of nitrogens with zero attached hydrogens (tertiary/aromatic N) is 5. The summed E-state index contributed by atoms with van der Waals surface area (Å²) in [6.07, 6.45) is 3.85. The van der Waals surface area contributed by atoms with Crippen molar-refractivity contribution < 1.29 is 9.50 Å². The van der Waals surface area contributed by atoms with Gasteiger partial charge in [-0.1, -0.05) is 24.6 Å². The highest BCUT2D eigenvalue weighted by Crippen LogP contribution is 2.42. The van der Waals surface area contributed by atoms with Crippen molar-refractivity contribution in [2.75, 3.05) is 44.7 Å². The van der Waals surface area contributed by atoms with E-state index in [-0.39, 0.29) is 16.8 Å². The van der Waals surface area contributed by atoms with Crippen molar-refractivity contribution in [1.29, 1.82) is 0 Å². The van der Waals surface area contributed by atoms with Crippen molar-refractivity contribution >= 4 is 17.4 Å². The minimum Gasteiger partial charge on any atom is -0.387 e. The summed E-state index contributed by atoms with van der Waals surface area (Å²) < 4.78 is 14.1. The second-order valence-electron chi connectivity index (χ2n) is 9.44. The number of piperidine rings is 1. The molecule has 0 radical (unpaired) electrons. The van der Waals surface area contributed by atoms with Crippen LogP contribution >= 0.6 is 11.6 Å². The van der Waals surface area contributed by atoms with Crippen LogP contribution in [0.1, 0.15) is 62.0 Å². The maximum absolute atomic E-state index is 14.1. The summed E-state index contributed by atoms with van der Waals surface area (Å²) >= 11 is 5.91. The summed E-state index contributed by atoms with van der Waals surface area (Å²) in [6.45, 7) is 9.26. The molecule has 1 fully saturated rings. The molecule has 7 nitrogen and oxygen atoms in total. The maximum atomic E-state index is 14.1. The van der Waals surface area contributed by atoms with Crippen molar-refractivity contribution in [3.63, 3.8) is 0 Å². The molecule has 2 atom stereocenters. The number of benzene rings is 1. The monoisotopic (exact) mass is 490 g/mol. The van der Waals surface area contributed by atoms with Gasteiger partial charge < -0.3 is 15.3 Å². The number of likely N-dealkylation sites (N-methyl/N-ethyl adjacent to an activating group) is 2. The first-order chi connectivity index (χ1) is 16.4. The first-order valence-corrected chi connectivity index (χ1v) is 12.7. The molecule has 1 aliphatic carbocycles. The Morgan fingerprint density at radius 2 is 1.97 bits per heavy atom. The highest BCUT2D eigenvalue weighted by molar-refractivity contribution is 6.30. The molecule has 1 unspecified atom stereocenters. The van der Waals surface area contributed by atoms with E-state index in [1.807, 2.05) is 6.07 Å². The number of halogens is 2. The van der Waals surface area contributed by atoms with Gasteiger partial charge in [-0.25, -0.2) is 24.4 Å². The van der Waals surface area contributed by atoms with Crippen LogP contribution in [0.25, 0.3) is 0 Å². The molecule has 2 N–H and O–H groups in total. The van der Waals surface area contributed by atoms with Crippen LogP contribution < -0.4 is 10.2 Å². The zero-order chi connectivity index (χ0) is 24.2. The number of fused-ring (bicyclic) bond motifs is 1. The van der Waals surface area contributed by atoms with E-state index in [0.717, 1.165) is 68.2 Å². The summed E-state index contributed by atoms with van der Waals surface area (Å²) in [7, 11) is 2.11. The summed E-state index contributed by atoms with van der Waals surface area (Å²) in [4.78, 5) is 11.2. The number of aliphatic hydroxyl groups is 1. The van der Waals surface area contributed by atoms with Crippen LogP contribution in [0.3, 0.4) is 0 Å². The van der Waals surface area contributed by atoms with E-state index < -0.39 is 6.10 Å². The van der Waals surface area contributed by atoms with Gasteiger partial charge in [0.1, 0.15) is 18.0 Å². The molecule has 0 saturated carbocycles. The van der Waals surface area contributed by atoms with Gasteiger partial charge in [-0.3, -0.25) is 0 Å². The normalized spacial score (nSPS) is 20.8. The second-order valence-corrected chi connectivity index (χ2v) is 9.84. The van der Waals surface area contributed by atoms with Crippen molar-refractivity contribution in [3.05, 3.63) is 52.2 Å². The highest BCUT2D eigenvalue weighted by atomic mass is 35.5. The quantitative estimate of drug-likeness (QED) is 0.519. The zero-order valence-electron chi connectivity index (χ0n) is 20.3. The molecule has 2 aromatic rings. The van der Waals surface area contributed by atoms with Gasteiger partial charge in [0.25, 0.3) is 0 Å². The van der Waals surface area contributed by atoms with Crippen LogP contribution in [-0.2, 0) is 6.54 Å². The van der Waals surface area contributed by atoms with Gasteiger partial charge >= 0.3 is 0 Å². The standard InChI is InChI=1S/C25H36ClFN6O/c1-4-32(25-23-17(2)13-22(34)24(23)29-16-30-25)12-11-31(3)33(19-7-9-28-10-8-19)15-18-5-6-20(26)21(27)14-18/h5-6,14,16-17,19,22,28,34H,4,7-13,15H2,1-3H3/t17?,22-/m1/s1. The molecule has 1 saturated heterocycles. The molecule has 186 valence electrons. The third kappa shape index (κ3) is 5.52. The lowest BCUT2D eigenvalue weighted by molar-refractivity contribution is -0.0554. The van der Waals surface area contributed by atoms with Crippen LogP contribution in [0.4, 0.5) is 10.2 Å². The number of hydrazine groups is 1. The average Bonchev–Trinajstić information content (AvgIpc) is 3.14. The van der Waals surface area contributed by atoms with E-state index in [2.05, 4.69) is 51.1 Å². The van der Waals surface area contributed by atoms with Gasteiger partial charge in [0, 0.05) is 44.8 Å². The topological polar surface area (TPSA) is 67.8 Å². The second kappa shape index (κ2) is 11.3. The lowest BCUT2D eigenvalue weighted by Crippen LogP contribution is -2.52. The number of rotatable bonds is 9. The fourth-order valence-corrected chi connectivity index (χ4v) is 5.34. The molecule has 34 heavy (non-hydrogen) atoms. The SMILES string of the molecule is CCN(CCN(C)N(Cc1ccc(Cl)c(F)c1)C1CCNCC1)c1ncnc2c1C(C)C[C@H]2O. The molecule has 0 amide bonds. The first kappa shape index (κ1) is 25.3. The van der Waals surface area contributed by atoms with Crippen LogP contribution in [0.15, 0.2) is 24.5 Å². The predicted molar refractivity (Wildman–Crippen MR) is 133 cm³/mol. The Labute approximate surface area is 206 Å². The van der Waals surface area contributed by atoms with Crippen molar-refractivity contribution in [3.8, 4) is 0 Å². The van der Waals surface area contributed by atoms with E-state index in [0.29, 0.717) is 19.0 Å². The smallest absolute Gasteiger partial charge is 0.142 e. The minimum absolute atomic E-state index is 0.154. The Bertz CT molecular complexity index is 972. The average molecular weight is 491 g/mol. The third-order valence-electron chi connectivity index (χ3n) is 7.15. The van der Waals surface area contributed by atoms with Crippen LogP contribution in [0.5, 0.6) is 0 Å². The van der Waals surface area contributed by atoms with E-state index in [9.17, 15) is 9.50 Å². The summed E-state index contributed by atoms with van der Waals surface area (Å²) in [5, 5.41) is 18.6. The third-order valence-corrected chi connectivity index (χ3v) is 7.46. The molecule has 1 aliphatic heterocycles. The Kier molecular flexibility index (Phi) is 8.37. The van der Waals surface area contributed by atoms with Crippen molar-refractivity contribution in [2.24, 2.45) is 0 Å². The number of aromatic nitrogens is 2. The van der Waals surface area contributed by atoms with Crippen molar-refractivity contribution in [1.82, 2.24) is 25.3 Å². The molecule has 1 aromatic carbocycles. The molecule has 9 heteroatoms. The minimum atomic E-state index is -0.511. The van der Waals surface area contributed by atoms with Gasteiger partial charge in [0.05, 0.1) is 16.8 Å². The summed E-state index contributed by atoms with van der Waals surface area (Å²) in [5.41, 5.74) is 2.76. The molecule has 1 aromatic heterocycles. The highest BCUT2D eigenvalue weighted by Gasteiger charge is 2.33. The maximum Gasteiger partial charge on any atom is 0.142 e. The molecule has 0 bridgehead atoms. The molecule has 2 aliphatic rings. The first-order valence-electron chi connectivity index (χ1n) is 12.3. The molecule has 2 heterocycles. The number of anilines is 1. The molecular weight excluding hydrogens is 455 g/mol. The summed E-state index contributed by atoms with van der Waals surface area (Å²) in [5.74, 6) is 0.787. The zero-order valence-corrected chi connectivity index (χ0v) is 21.1. The fraction of sp³-hybridized carbons (Fsp3) is 0.600. The van der Waals surface area contributed by atoms with Gasteiger partial charge in [-0.15, -0.1) is 0 Å². The number of hydrogen-bond donors (Lipinski definition) is 2. The van der Waals surface area contributed by atoms with Gasteiger partial charge in [0.15, 0.2) is 0 Å². The summed E-state index contributed by atoms with van der Waals surface area (Å²) in [6, 6.07) is 5.47. The molecule has 0 spiro atoms.